The van der Waals surface area contributed by atoms with Gasteiger partial charge in [-0.15, -0.1) is 0 Å². The first-order valence-corrected chi connectivity index (χ1v) is 1.84. The summed E-state index contributed by atoms with van der Waals surface area (Å²) in [6, 6.07) is 0. The summed E-state index contributed by atoms with van der Waals surface area (Å²) < 4.78 is 8.52. The van der Waals surface area contributed by atoms with Crippen LogP contribution < -0.4 is 9.59 Å². The van der Waals surface area contributed by atoms with Crippen LogP contribution in [-0.2, 0) is 4.46 Å². The van der Waals surface area contributed by atoms with Gasteiger partial charge in [-0.25, -0.2) is 0 Å². The SMILES string of the molecule is B.O=[Si]([O-])[O-].[Ba+2]. The number of hydrogen-bond acceptors (Lipinski definition) is 3. The third kappa shape index (κ3) is 60.5. The van der Waals surface area contributed by atoms with Crippen LogP contribution in [0.5, 0.6) is 0 Å². The zero-order chi connectivity index (χ0) is 3.58. The fourth-order valence-corrected chi connectivity index (χ4v) is 0. The third-order valence-corrected chi connectivity index (χ3v) is 0. The molecule has 0 unspecified atom stereocenters. The van der Waals surface area contributed by atoms with Crippen molar-refractivity contribution in [3.8, 4) is 0 Å². The molecular weight excluding hydrogens is 224 g/mol. The normalized spacial score (nSPS) is 4.00. The Balaban J connectivity index is -0.0000000450. The maximum Gasteiger partial charge on any atom is 2.00 e. The second-order valence-electron chi connectivity index (χ2n) is 0.250. The van der Waals surface area contributed by atoms with Gasteiger partial charge < -0.3 is 14.1 Å². The van der Waals surface area contributed by atoms with Gasteiger partial charge in [0.25, 0.3) is 0 Å². The summed E-state index contributed by atoms with van der Waals surface area (Å²) in [4.78, 5) is 17.0. The van der Waals surface area contributed by atoms with E-state index in [1.807, 2.05) is 0 Å². The van der Waals surface area contributed by atoms with E-state index in [4.69, 9.17) is 14.1 Å². The molecule has 0 N–H and O–H groups in total. The minimum absolute atomic E-state index is 0. The minimum Gasteiger partial charge on any atom is -0.672 e. The third-order valence-electron chi connectivity index (χ3n) is 0. The van der Waals surface area contributed by atoms with E-state index in [9.17, 15) is 0 Å². The first-order valence-electron chi connectivity index (χ1n) is 0.612. The van der Waals surface area contributed by atoms with E-state index >= 15 is 0 Å². The molecule has 0 saturated carbocycles. The molecule has 0 fully saturated rings. The van der Waals surface area contributed by atoms with Gasteiger partial charge in [-0.2, -0.15) is 0 Å². The standard InChI is InChI=1S/BH3.Ba.O3Si/c;;1-4(2)3/h1H3;;/q;+2;-2. The van der Waals surface area contributed by atoms with Crippen molar-refractivity contribution in [2.24, 2.45) is 0 Å². The second-order valence-corrected chi connectivity index (χ2v) is 0.750. The van der Waals surface area contributed by atoms with Crippen molar-refractivity contribution in [3.05, 3.63) is 0 Å². The summed E-state index contributed by atoms with van der Waals surface area (Å²) in [6.45, 7) is 0. The molecule has 30 valence electrons. The molecule has 0 aliphatic rings. The van der Waals surface area contributed by atoms with Gasteiger partial charge in [-0.1, -0.05) is 0 Å². The molecule has 0 aliphatic heterocycles. The molecule has 0 rings (SSSR count). The summed E-state index contributed by atoms with van der Waals surface area (Å²) in [5, 5.41) is 0. The average molecular weight is 227 g/mol. The van der Waals surface area contributed by atoms with Gasteiger partial charge in [0.2, 0.25) is 0 Å². The fourth-order valence-electron chi connectivity index (χ4n) is 0. The van der Waals surface area contributed by atoms with Crippen LogP contribution in [0.15, 0.2) is 0 Å². The van der Waals surface area contributed by atoms with Crippen LogP contribution in [0.25, 0.3) is 0 Å². The molecule has 0 spiro atoms. The maximum atomic E-state index is 8.52. The predicted molar refractivity (Wildman–Crippen MR) is 22.1 cm³/mol. The largest absolute Gasteiger partial charge is 2.00 e. The van der Waals surface area contributed by atoms with Gasteiger partial charge in [-0.3, -0.25) is 0 Å². The Morgan fingerprint density at radius 1 is 1.33 bits per heavy atom. The minimum atomic E-state index is -3.63. The van der Waals surface area contributed by atoms with Gasteiger partial charge in [0.15, 0.2) is 0 Å². The summed E-state index contributed by atoms with van der Waals surface area (Å²) >= 11 is 0. The molecule has 3 nitrogen and oxygen atoms in total. The van der Waals surface area contributed by atoms with Crippen molar-refractivity contribution < 1.29 is 14.1 Å². The molecule has 6 heteroatoms. The van der Waals surface area contributed by atoms with Crippen LogP contribution >= 0.6 is 0 Å². The summed E-state index contributed by atoms with van der Waals surface area (Å²) in [5.41, 5.74) is 0. The number of hydrogen-bond donors (Lipinski definition) is 0. The Morgan fingerprint density at radius 2 is 1.33 bits per heavy atom. The molecule has 0 amide bonds. The van der Waals surface area contributed by atoms with Crippen LogP contribution in [0.4, 0.5) is 0 Å². The Bertz CT molecular complexity index is 33.8. The van der Waals surface area contributed by atoms with Crippen LogP contribution in [0.3, 0.4) is 0 Å². The van der Waals surface area contributed by atoms with E-state index in [1.165, 1.54) is 0 Å². The smallest absolute Gasteiger partial charge is 0.672 e. The van der Waals surface area contributed by atoms with Gasteiger partial charge in [-0.05, 0) is 0 Å². The van der Waals surface area contributed by atoms with Crippen molar-refractivity contribution in [1.29, 1.82) is 0 Å². The van der Waals surface area contributed by atoms with Crippen molar-refractivity contribution >= 4 is 66.5 Å². The quantitative estimate of drug-likeness (QED) is 0.392. The molecule has 0 bridgehead atoms. The molecular formula is H3BBaO3Si. The zero-order valence-electron chi connectivity index (χ0n) is 2.43. The van der Waals surface area contributed by atoms with Crippen molar-refractivity contribution in [2.45, 2.75) is 0 Å². The van der Waals surface area contributed by atoms with E-state index < -0.39 is 9.17 Å². The Hall–Kier alpha value is 1.25. The van der Waals surface area contributed by atoms with Gasteiger partial charge in [0.05, 0.1) is 8.41 Å². The Kier molecular flexibility index (Phi) is 24.9. The zero-order valence-corrected chi connectivity index (χ0v) is 7.87. The summed E-state index contributed by atoms with van der Waals surface area (Å²) in [7, 11) is -3.63. The molecule has 0 aromatic rings. The topological polar surface area (TPSA) is 63.2 Å². The Labute approximate surface area is 79.3 Å². The van der Waals surface area contributed by atoms with Gasteiger partial charge in [0, 0.05) is 9.17 Å². The van der Waals surface area contributed by atoms with E-state index in [0.717, 1.165) is 0 Å². The summed E-state index contributed by atoms with van der Waals surface area (Å²) in [6.07, 6.45) is 0. The van der Waals surface area contributed by atoms with Crippen LogP contribution in [0.1, 0.15) is 0 Å². The van der Waals surface area contributed by atoms with Crippen LogP contribution in [0.2, 0.25) is 0 Å². The predicted octanol–water partition coefficient (Wildman–Crippen LogP) is -4.44. The fraction of sp³-hybridized carbons (Fsp3) is 0. The van der Waals surface area contributed by atoms with Crippen LogP contribution in [-0.4, -0.2) is 66.5 Å². The van der Waals surface area contributed by atoms with Crippen molar-refractivity contribution in [2.75, 3.05) is 0 Å². The van der Waals surface area contributed by atoms with Crippen LogP contribution in [0, 0.1) is 0 Å². The van der Waals surface area contributed by atoms with E-state index in [1.54, 1.807) is 0 Å². The molecule has 0 heterocycles. The van der Waals surface area contributed by atoms with Gasteiger partial charge >= 0.3 is 48.9 Å². The molecule has 0 radical (unpaired) electrons. The first kappa shape index (κ1) is 15.7. The summed E-state index contributed by atoms with van der Waals surface area (Å²) in [5.74, 6) is 0. The Morgan fingerprint density at radius 3 is 1.33 bits per heavy atom. The maximum absolute atomic E-state index is 8.52. The van der Waals surface area contributed by atoms with E-state index in [2.05, 4.69) is 0 Å². The molecule has 0 aromatic heterocycles. The molecule has 0 saturated heterocycles. The second kappa shape index (κ2) is 9.54. The molecule has 6 heavy (non-hydrogen) atoms. The van der Waals surface area contributed by atoms with E-state index in [-0.39, 0.29) is 57.3 Å². The molecule has 0 aromatic carbocycles. The number of rotatable bonds is 0. The van der Waals surface area contributed by atoms with E-state index in [0.29, 0.717) is 0 Å². The van der Waals surface area contributed by atoms with Crippen molar-refractivity contribution in [1.82, 2.24) is 0 Å². The average Bonchev–Trinajstić information content (AvgIpc) is 0.811. The monoisotopic (exact) mass is 228 g/mol. The first-order chi connectivity index (χ1) is 1.73. The van der Waals surface area contributed by atoms with Gasteiger partial charge in [0.1, 0.15) is 0 Å². The van der Waals surface area contributed by atoms with Crippen molar-refractivity contribution in [3.63, 3.8) is 0 Å². The molecule has 0 atom stereocenters. The molecule has 0 aliphatic carbocycles.